The zero-order valence-corrected chi connectivity index (χ0v) is 20.7. The SMILES string of the molecule is CCCc1onc(-c2c(Cl)cccc2Cl)c1COc1ccc2cc(-c3ccc(N)cc3)ccc2c1. The van der Waals surface area contributed by atoms with Gasteiger partial charge in [-0.05, 0) is 70.8 Å². The van der Waals surface area contributed by atoms with Gasteiger partial charge in [0.2, 0.25) is 0 Å². The number of aryl methyl sites for hydroxylation is 1. The Hall–Kier alpha value is -3.47. The number of hydrogen-bond donors (Lipinski definition) is 1. The molecule has 35 heavy (non-hydrogen) atoms. The van der Waals surface area contributed by atoms with Gasteiger partial charge in [-0.3, -0.25) is 0 Å². The summed E-state index contributed by atoms with van der Waals surface area (Å²) in [5.41, 5.74) is 11.0. The molecule has 0 radical (unpaired) electrons. The van der Waals surface area contributed by atoms with Gasteiger partial charge in [0.15, 0.2) is 0 Å². The number of fused-ring (bicyclic) bond motifs is 1. The molecule has 4 nitrogen and oxygen atoms in total. The van der Waals surface area contributed by atoms with E-state index in [1.54, 1.807) is 12.1 Å². The van der Waals surface area contributed by atoms with Crippen LogP contribution in [-0.4, -0.2) is 5.16 Å². The average Bonchev–Trinajstić information content (AvgIpc) is 3.25. The third kappa shape index (κ3) is 4.86. The van der Waals surface area contributed by atoms with Gasteiger partial charge in [-0.25, -0.2) is 0 Å². The maximum Gasteiger partial charge on any atom is 0.143 e. The van der Waals surface area contributed by atoms with Crippen molar-refractivity contribution < 1.29 is 9.26 Å². The van der Waals surface area contributed by atoms with Crippen molar-refractivity contribution >= 4 is 39.7 Å². The van der Waals surface area contributed by atoms with Crippen molar-refractivity contribution in [1.29, 1.82) is 0 Å². The normalized spacial score (nSPS) is 11.2. The molecule has 0 aliphatic carbocycles. The third-order valence-corrected chi connectivity index (χ3v) is 6.62. The first-order valence-corrected chi connectivity index (χ1v) is 12.2. The van der Waals surface area contributed by atoms with Gasteiger partial charge in [-0.15, -0.1) is 0 Å². The molecule has 176 valence electrons. The molecule has 0 saturated carbocycles. The van der Waals surface area contributed by atoms with E-state index in [0.29, 0.717) is 27.9 Å². The Morgan fingerprint density at radius 2 is 1.54 bits per heavy atom. The number of aromatic nitrogens is 1. The summed E-state index contributed by atoms with van der Waals surface area (Å²) in [5.74, 6) is 1.55. The van der Waals surface area contributed by atoms with E-state index < -0.39 is 0 Å². The second-order valence-electron chi connectivity index (χ2n) is 8.41. The highest BCUT2D eigenvalue weighted by Crippen LogP contribution is 2.38. The zero-order chi connectivity index (χ0) is 24.4. The zero-order valence-electron chi connectivity index (χ0n) is 19.2. The highest BCUT2D eigenvalue weighted by atomic mass is 35.5. The van der Waals surface area contributed by atoms with Crippen molar-refractivity contribution in [3.05, 3.63) is 100 Å². The summed E-state index contributed by atoms with van der Waals surface area (Å²) in [6, 6.07) is 25.8. The summed E-state index contributed by atoms with van der Waals surface area (Å²) in [7, 11) is 0. The molecule has 5 aromatic rings. The van der Waals surface area contributed by atoms with E-state index in [4.69, 9.17) is 38.2 Å². The smallest absolute Gasteiger partial charge is 0.143 e. The van der Waals surface area contributed by atoms with Crippen molar-refractivity contribution in [1.82, 2.24) is 5.16 Å². The van der Waals surface area contributed by atoms with Crippen LogP contribution in [0, 0.1) is 0 Å². The van der Waals surface area contributed by atoms with Gasteiger partial charge in [-0.1, -0.05) is 71.7 Å². The fourth-order valence-electron chi connectivity index (χ4n) is 4.16. The average molecular weight is 503 g/mol. The van der Waals surface area contributed by atoms with Gasteiger partial charge in [0, 0.05) is 17.7 Å². The second-order valence-corrected chi connectivity index (χ2v) is 9.23. The topological polar surface area (TPSA) is 61.3 Å². The van der Waals surface area contributed by atoms with E-state index in [9.17, 15) is 0 Å². The summed E-state index contributed by atoms with van der Waals surface area (Å²) in [4.78, 5) is 0. The number of rotatable bonds is 7. The summed E-state index contributed by atoms with van der Waals surface area (Å²) < 4.78 is 11.9. The van der Waals surface area contributed by atoms with E-state index in [1.807, 2.05) is 42.5 Å². The molecule has 1 heterocycles. The first kappa shape index (κ1) is 23.3. The molecule has 0 spiro atoms. The summed E-state index contributed by atoms with van der Waals surface area (Å²) in [6.07, 6.45) is 1.67. The molecule has 0 aliphatic rings. The first-order valence-electron chi connectivity index (χ1n) is 11.5. The van der Waals surface area contributed by atoms with Crippen LogP contribution in [0.3, 0.4) is 0 Å². The molecule has 1 aromatic heterocycles. The molecule has 0 fully saturated rings. The van der Waals surface area contributed by atoms with Gasteiger partial charge in [-0.2, -0.15) is 0 Å². The van der Waals surface area contributed by atoms with Gasteiger partial charge in [0.25, 0.3) is 0 Å². The van der Waals surface area contributed by atoms with Crippen LogP contribution in [0.5, 0.6) is 5.75 Å². The highest BCUT2D eigenvalue weighted by molar-refractivity contribution is 6.39. The standard InChI is InChI=1S/C29H24Cl2N2O2/c1-2-4-27-24(29(33-35-27)28-25(30)5-3-6-26(28)31)17-34-23-14-11-20-15-19(7-8-21(20)16-23)18-9-12-22(32)13-10-18/h3,5-16H,2,4,17,32H2,1H3. The number of hydrogen-bond acceptors (Lipinski definition) is 4. The molecule has 4 aromatic carbocycles. The van der Waals surface area contributed by atoms with E-state index in [0.717, 1.165) is 57.5 Å². The van der Waals surface area contributed by atoms with Crippen LogP contribution in [0.4, 0.5) is 5.69 Å². The molecule has 0 aliphatic heterocycles. The fraction of sp³-hybridized carbons (Fsp3) is 0.138. The third-order valence-electron chi connectivity index (χ3n) is 5.99. The molecule has 0 saturated heterocycles. The quantitative estimate of drug-likeness (QED) is 0.226. The van der Waals surface area contributed by atoms with Gasteiger partial charge in [0.05, 0.1) is 15.6 Å². The van der Waals surface area contributed by atoms with Crippen LogP contribution in [0.25, 0.3) is 33.2 Å². The van der Waals surface area contributed by atoms with Crippen LogP contribution >= 0.6 is 23.2 Å². The number of anilines is 1. The number of nitrogens with two attached hydrogens (primary N) is 1. The highest BCUT2D eigenvalue weighted by Gasteiger charge is 2.22. The fourth-order valence-corrected chi connectivity index (χ4v) is 4.74. The van der Waals surface area contributed by atoms with Crippen molar-refractivity contribution in [2.45, 2.75) is 26.4 Å². The molecule has 6 heteroatoms. The Bertz CT molecular complexity index is 1470. The molecule has 0 unspecified atom stereocenters. The molecule has 0 atom stereocenters. The summed E-state index contributed by atoms with van der Waals surface area (Å²) in [6.45, 7) is 2.39. The predicted molar refractivity (Wildman–Crippen MR) is 144 cm³/mol. The van der Waals surface area contributed by atoms with E-state index in [1.165, 1.54) is 0 Å². The van der Waals surface area contributed by atoms with Crippen LogP contribution in [0.1, 0.15) is 24.7 Å². The predicted octanol–water partition coefficient (Wildman–Crippen LogP) is 8.58. The lowest BCUT2D eigenvalue weighted by molar-refractivity contribution is 0.300. The molecular formula is C29H24Cl2N2O2. The van der Waals surface area contributed by atoms with Gasteiger partial charge >= 0.3 is 0 Å². The minimum atomic E-state index is 0.296. The molecular weight excluding hydrogens is 479 g/mol. The van der Waals surface area contributed by atoms with Crippen LogP contribution in [-0.2, 0) is 13.0 Å². The maximum atomic E-state index is 6.46. The largest absolute Gasteiger partial charge is 0.489 e. The molecule has 5 rings (SSSR count). The number of nitrogens with zero attached hydrogens (tertiary/aromatic N) is 1. The van der Waals surface area contributed by atoms with Crippen LogP contribution in [0.15, 0.2) is 83.4 Å². The maximum absolute atomic E-state index is 6.46. The Morgan fingerprint density at radius 1 is 0.857 bits per heavy atom. The lowest BCUT2D eigenvalue weighted by atomic mass is 10.0. The van der Waals surface area contributed by atoms with Crippen molar-refractivity contribution in [2.75, 3.05) is 5.73 Å². The number of benzene rings is 4. The van der Waals surface area contributed by atoms with Crippen LogP contribution in [0.2, 0.25) is 10.0 Å². The Labute approximate surface area is 214 Å². The van der Waals surface area contributed by atoms with Crippen LogP contribution < -0.4 is 10.5 Å². The van der Waals surface area contributed by atoms with Crippen molar-refractivity contribution in [3.63, 3.8) is 0 Å². The lowest BCUT2D eigenvalue weighted by Gasteiger charge is -2.11. The Kier molecular flexibility index (Phi) is 6.67. The second kappa shape index (κ2) is 10.0. The van der Waals surface area contributed by atoms with E-state index >= 15 is 0 Å². The van der Waals surface area contributed by atoms with Gasteiger partial charge < -0.3 is 15.0 Å². The van der Waals surface area contributed by atoms with Crippen molar-refractivity contribution in [3.8, 4) is 28.1 Å². The Balaban J connectivity index is 1.42. The molecule has 0 bridgehead atoms. The van der Waals surface area contributed by atoms with Crippen molar-refractivity contribution in [2.24, 2.45) is 0 Å². The summed E-state index contributed by atoms with van der Waals surface area (Å²) in [5, 5.41) is 7.58. The Morgan fingerprint density at radius 3 is 2.29 bits per heavy atom. The number of nitrogen functional groups attached to an aromatic ring is 1. The number of ether oxygens (including phenoxy) is 1. The van der Waals surface area contributed by atoms with Gasteiger partial charge in [0.1, 0.15) is 23.8 Å². The van der Waals surface area contributed by atoms with E-state index in [2.05, 4.69) is 36.3 Å². The minimum absolute atomic E-state index is 0.296. The summed E-state index contributed by atoms with van der Waals surface area (Å²) >= 11 is 12.9. The van der Waals surface area contributed by atoms with E-state index in [-0.39, 0.29) is 0 Å². The lowest BCUT2D eigenvalue weighted by Crippen LogP contribution is -2.00. The first-order chi connectivity index (χ1) is 17.0. The minimum Gasteiger partial charge on any atom is -0.489 e. The molecule has 0 amide bonds. The molecule has 2 N–H and O–H groups in total. The number of halogens is 2. The monoisotopic (exact) mass is 502 g/mol.